The lowest BCUT2D eigenvalue weighted by molar-refractivity contribution is 0.0479. The van der Waals surface area contributed by atoms with Crippen molar-refractivity contribution in [3.8, 4) is 0 Å². The van der Waals surface area contributed by atoms with Gasteiger partial charge in [-0.15, -0.1) is 11.3 Å². The van der Waals surface area contributed by atoms with Gasteiger partial charge in [-0.3, -0.25) is 0 Å². The first-order valence-corrected chi connectivity index (χ1v) is 7.43. The van der Waals surface area contributed by atoms with Crippen LogP contribution in [0.3, 0.4) is 0 Å². The van der Waals surface area contributed by atoms with Crippen LogP contribution in [0.2, 0.25) is 5.02 Å². The van der Waals surface area contributed by atoms with Gasteiger partial charge in [-0.25, -0.2) is 9.18 Å². The molecule has 0 aliphatic heterocycles. The Morgan fingerprint density at radius 3 is 2.57 bits per heavy atom. The molecule has 0 saturated carbocycles. The molecule has 0 radical (unpaired) electrons. The van der Waals surface area contributed by atoms with E-state index >= 15 is 0 Å². The minimum Gasteiger partial charge on any atom is -0.457 e. The summed E-state index contributed by atoms with van der Waals surface area (Å²) in [5.41, 5.74) is 0.724. The molecule has 0 bridgehead atoms. The molecule has 0 amide bonds. The van der Waals surface area contributed by atoms with Crippen molar-refractivity contribution in [3.05, 3.63) is 69.8 Å². The lowest BCUT2D eigenvalue weighted by atomic mass is 10.2. The molecule has 0 atom stereocenters. The molecule has 0 saturated heterocycles. The summed E-state index contributed by atoms with van der Waals surface area (Å²) in [6, 6.07) is 13.3. The normalized spacial score (nSPS) is 10.8. The molecular formula is C16H10ClFO2S. The Labute approximate surface area is 129 Å². The largest absolute Gasteiger partial charge is 0.457 e. The summed E-state index contributed by atoms with van der Waals surface area (Å²) >= 11 is 7.52. The highest BCUT2D eigenvalue weighted by Gasteiger charge is 2.18. The summed E-state index contributed by atoms with van der Waals surface area (Å²) in [6.07, 6.45) is 0. The number of rotatable bonds is 3. The molecule has 0 unspecified atom stereocenters. The van der Waals surface area contributed by atoms with Crippen LogP contribution in [-0.2, 0) is 11.3 Å². The summed E-state index contributed by atoms with van der Waals surface area (Å²) < 4.78 is 19.0. The molecule has 0 fully saturated rings. The Hall–Kier alpha value is -1.91. The second-order valence-corrected chi connectivity index (χ2v) is 5.87. The number of ether oxygens (including phenoxy) is 1. The number of hydrogen-bond acceptors (Lipinski definition) is 3. The van der Waals surface area contributed by atoms with Crippen LogP contribution < -0.4 is 0 Å². The molecule has 21 heavy (non-hydrogen) atoms. The Morgan fingerprint density at radius 1 is 1.14 bits per heavy atom. The number of hydrogen-bond donors (Lipinski definition) is 0. The zero-order chi connectivity index (χ0) is 14.8. The van der Waals surface area contributed by atoms with E-state index in [1.807, 2.05) is 24.3 Å². The van der Waals surface area contributed by atoms with Crippen molar-refractivity contribution in [3.63, 3.8) is 0 Å². The first kappa shape index (κ1) is 14.0. The zero-order valence-corrected chi connectivity index (χ0v) is 12.4. The summed E-state index contributed by atoms with van der Waals surface area (Å²) in [6.45, 7) is 0.0870. The van der Waals surface area contributed by atoms with E-state index in [4.69, 9.17) is 16.3 Å². The third-order valence-corrected chi connectivity index (χ3v) is 4.66. The predicted octanol–water partition coefficient (Wildman–Crippen LogP) is 5.05. The Balaban J connectivity index is 1.78. The van der Waals surface area contributed by atoms with E-state index in [0.29, 0.717) is 9.90 Å². The highest BCUT2D eigenvalue weighted by Crippen LogP contribution is 2.35. The van der Waals surface area contributed by atoms with Crippen molar-refractivity contribution in [2.45, 2.75) is 6.61 Å². The van der Waals surface area contributed by atoms with Crippen LogP contribution in [0.1, 0.15) is 15.2 Å². The van der Waals surface area contributed by atoms with Crippen molar-refractivity contribution in [1.82, 2.24) is 0 Å². The van der Waals surface area contributed by atoms with E-state index < -0.39 is 5.97 Å². The van der Waals surface area contributed by atoms with Gasteiger partial charge in [-0.2, -0.15) is 0 Å². The van der Waals surface area contributed by atoms with Gasteiger partial charge in [0.1, 0.15) is 17.3 Å². The maximum absolute atomic E-state index is 12.8. The molecular weight excluding hydrogens is 311 g/mol. The molecule has 5 heteroatoms. The topological polar surface area (TPSA) is 26.3 Å². The number of carbonyl (C=O) groups excluding carboxylic acids is 1. The van der Waals surface area contributed by atoms with Crippen LogP contribution in [0.25, 0.3) is 10.1 Å². The molecule has 2 nitrogen and oxygen atoms in total. The van der Waals surface area contributed by atoms with E-state index in [0.717, 1.165) is 15.6 Å². The molecule has 0 aliphatic rings. The smallest absolute Gasteiger partial charge is 0.350 e. The fraction of sp³-hybridized carbons (Fsp3) is 0.0625. The standard InChI is InChI=1S/C16H10ClFO2S/c17-14-12-3-1-2-4-13(12)21-15(14)16(19)20-9-10-5-7-11(18)8-6-10/h1-8H,9H2. The third kappa shape index (κ3) is 2.91. The van der Waals surface area contributed by atoms with E-state index in [1.54, 1.807) is 12.1 Å². The summed E-state index contributed by atoms with van der Waals surface area (Å²) in [7, 11) is 0. The number of fused-ring (bicyclic) bond motifs is 1. The molecule has 1 aromatic heterocycles. The van der Waals surface area contributed by atoms with Crippen molar-refractivity contribution < 1.29 is 13.9 Å². The average molecular weight is 321 g/mol. The average Bonchev–Trinajstić information content (AvgIpc) is 2.84. The number of halogens is 2. The zero-order valence-electron chi connectivity index (χ0n) is 10.8. The van der Waals surface area contributed by atoms with Crippen molar-refractivity contribution >= 4 is 39.0 Å². The number of benzene rings is 2. The van der Waals surface area contributed by atoms with Gasteiger partial charge in [0.15, 0.2) is 0 Å². The van der Waals surface area contributed by atoms with Gasteiger partial charge in [0.25, 0.3) is 0 Å². The highest BCUT2D eigenvalue weighted by molar-refractivity contribution is 7.21. The van der Waals surface area contributed by atoms with Crippen molar-refractivity contribution in [1.29, 1.82) is 0 Å². The van der Waals surface area contributed by atoms with Crippen LogP contribution in [0.5, 0.6) is 0 Å². The molecule has 0 spiro atoms. The highest BCUT2D eigenvalue weighted by atomic mass is 35.5. The van der Waals surface area contributed by atoms with Gasteiger partial charge in [-0.05, 0) is 23.8 Å². The van der Waals surface area contributed by atoms with Gasteiger partial charge >= 0.3 is 5.97 Å². The van der Waals surface area contributed by atoms with Gasteiger partial charge in [0.05, 0.1) is 5.02 Å². The predicted molar refractivity (Wildman–Crippen MR) is 82.4 cm³/mol. The fourth-order valence-electron chi connectivity index (χ4n) is 1.94. The van der Waals surface area contributed by atoms with E-state index in [2.05, 4.69) is 0 Å². The summed E-state index contributed by atoms with van der Waals surface area (Å²) in [5.74, 6) is -0.789. The molecule has 0 aliphatic carbocycles. The van der Waals surface area contributed by atoms with Gasteiger partial charge in [0.2, 0.25) is 0 Å². The van der Waals surface area contributed by atoms with E-state index in [9.17, 15) is 9.18 Å². The molecule has 106 valence electrons. The van der Waals surface area contributed by atoms with Crippen molar-refractivity contribution in [2.75, 3.05) is 0 Å². The lowest BCUT2D eigenvalue weighted by Crippen LogP contribution is -2.03. The van der Waals surface area contributed by atoms with Crippen LogP contribution in [0.15, 0.2) is 48.5 Å². The van der Waals surface area contributed by atoms with E-state index in [-0.39, 0.29) is 12.4 Å². The van der Waals surface area contributed by atoms with Crippen molar-refractivity contribution in [2.24, 2.45) is 0 Å². The van der Waals surface area contributed by atoms with Gasteiger partial charge < -0.3 is 4.74 Å². The fourth-order valence-corrected chi connectivity index (χ4v) is 3.34. The molecule has 3 rings (SSSR count). The first-order chi connectivity index (χ1) is 10.1. The minimum atomic E-state index is -0.467. The number of carbonyl (C=O) groups is 1. The second-order valence-electron chi connectivity index (χ2n) is 4.44. The first-order valence-electron chi connectivity index (χ1n) is 6.24. The lowest BCUT2D eigenvalue weighted by Gasteiger charge is -2.03. The Bertz CT molecular complexity index is 796. The summed E-state index contributed by atoms with van der Waals surface area (Å²) in [5, 5.41) is 1.26. The third-order valence-electron chi connectivity index (χ3n) is 3.00. The van der Waals surface area contributed by atoms with Crippen LogP contribution in [-0.4, -0.2) is 5.97 Å². The summed E-state index contributed by atoms with van der Waals surface area (Å²) in [4.78, 5) is 12.5. The quantitative estimate of drug-likeness (QED) is 0.631. The molecule has 3 aromatic rings. The minimum absolute atomic E-state index is 0.0870. The van der Waals surface area contributed by atoms with E-state index in [1.165, 1.54) is 23.5 Å². The Kier molecular flexibility index (Phi) is 3.90. The molecule has 1 heterocycles. The maximum atomic E-state index is 12.8. The number of esters is 1. The molecule has 0 N–H and O–H groups in total. The second kappa shape index (κ2) is 5.84. The van der Waals surface area contributed by atoms with Crippen LogP contribution in [0, 0.1) is 5.82 Å². The van der Waals surface area contributed by atoms with Gasteiger partial charge in [-0.1, -0.05) is 41.9 Å². The molecule has 2 aromatic carbocycles. The number of thiophene rings is 1. The van der Waals surface area contributed by atoms with Crippen LogP contribution in [0.4, 0.5) is 4.39 Å². The maximum Gasteiger partial charge on any atom is 0.350 e. The monoisotopic (exact) mass is 320 g/mol. The van der Waals surface area contributed by atoms with Crippen LogP contribution >= 0.6 is 22.9 Å². The SMILES string of the molecule is O=C(OCc1ccc(F)cc1)c1sc2ccccc2c1Cl. The van der Waals surface area contributed by atoms with Gasteiger partial charge in [0, 0.05) is 10.1 Å². The Morgan fingerprint density at radius 2 is 1.86 bits per heavy atom.